The van der Waals surface area contributed by atoms with E-state index in [0.29, 0.717) is 0 Å². The number of aliphatic carboxylic acids is 1. The SMILES string of the molecule is O=C(O)/C=C/C1CCCCN1Cc1ccccc1. The third-order valence-electron chi connectivity index (χ3n) is 3.35. The van der Waals surface area contributed by atoms with E-state index in [9.17, 15) is 4.79 Å². The average molecular weight is 245 g/mol. The molecule has 2 rings (SSSR count). The van der Waals surface area contributed by atoms with Crippen LogP contribution in [0.5, 0.6) is 0 Å². The quantitative estimate of drug-likeness (QED) is 0.829. The van der Waals surface area contributed by atoms with Gasteiger partial charge in [-0.25, -0.2) is 4.79 Å². The Balaban J connectivity index is 2.01. The Morgan fingerprint density at radius 1 is 1.33 bits per heavy atom. The maximum atomic E-state index is 10.6. The first-order valence-electron chi connectivity index (χ1n) is 6.45. The number of carboxylic acids is 1. The zero-order chi connectivity index (χ0) is 12.8. The van der Waals surface area contributed by atoms with Gasteiger partial charge in [0, 0.05) is 18.7 Å². The summed E-state index contributed by atoms with van der Waals surface area (Å²) in [6, 6.07) is 10.6. The number of carboxylic acid groups (broad SMARTS) is 1. The Bertz CT molecular complexity index is 414. The molecule has 3 heteroatoms. The van der Waals surface area contributed by atoms with Gasteiger partial charge in [0.1, 0.15) is 0 Å². The number of likely N-dealkylation sites (tertiary alicyclic amines) is 1. The normalized spacial score (nSPS) is 21.2. The largest absolute Gasteiger partial charge is 0.478 e. The van der Waals surface area contributed by atoms with Crippen LogP contribution in [-0.2, 0) is 11.3 Å². The Morgan fingerprint density at radius 3 is 2.83 bits per heavy atom. The van der Waals surface area contributed by atoms with E-state index in [-0.39, 0.29) is 6.04 Å². The Labute approximate surface area is 108 Å². The number of benzene rings is 1. The Hall–Kier alpha value is -1.61. The molecule has 1 atom stereocenters. The van der Waals surface area contributed by atoms with Crippen LogP contribution in [0.4, 0.5) is 0 Å². The number of hydrogen-bond acceptors (Lipinski definition) is 2. The van der Waals surface area contributed by atoms with Crippen LogP contribution in [0.3, 0.4) is 0 Å². The van der Waals surface area contributed by atoms with Crippen molar-refractivity contribution in [3.63, 3.8) is 0 Å². The lowest BCUT2D eigenvalue weighted by molar-refractivity contribution is -0.131. The predicted molar refractivity (Wildman–Crippen MR) is 71.3 cm³/mol. The summed E-state index contributed by atoms with van der Waals surface area (Å²) in [5, 5.41) is 8.71. The summed E-state index contributed by atoms with van der Waals surface area (Å²) >= 11 is 0. The maximum Gasteiger partial charge on any atom is 0.328 e. The van der Waals surface area contributed by atoms with Crippen LogP contribution in [0.1, 0.15) is 24.8 Å². The fourth-order valence-corrected chi connectivity index (χ4v) is 2.44. The van der Waals surface area contributed by atoms with Crippen molar-refractivity contribution in [2.24, 2.45) is 0 Å². The second-order valence-electron chi connectivity index (χ2n) is 4.72. The summed E-state index contributed by atoms with van der Waals surface area (Å²) in [4.78, 5) is 13.0. The smallest absolute Gasteiger partial charge is 0.328 e. The van der Waals surface area contributed by atoms with Gasteiger partial charge in [-0.2, -0.15) is 0 Å². The molecule has 1 aliphatic heterocycles. The van der Waals surface area contributed by atoms with Gasteiger partial charge in [0.15, 0.2) is 0 Å². The predicted octanol–water partition coefficient (Wildman–Crippen LogP) is 2.68. The summed E-state index contributed by atoms with van der Waals surface area (Å²) in [7, 11) is 0. The highest BCUT2D eigenvalue weighted by atomic mass is 16.4. The monoisotopic (exact) mass is 245 g/mol. The van der Waals surface area contributed by atoms with Crippen LogP contribution >= 0.6 is 0 Å². The molecule has 18 heavy (non-hydrogen) atoms. The average Bonchev–Trinajstić information content (AvgIpc) is 2.39. The van der Waals surface area contributed by atoms with Gasteiger partial charge in [-0.3, -0.25) is 4.90 Å². The summed E-state index contributed by atoms with van der Waals surface area (Å²) < 4.78 is 0. The van der Waals surface area contributed by atoms with Crippen molar-refractivity contribution in [1.29, 1.82) is 0 Å². The number of piperidine rings is 1. The summed E-state index contributed by atoms with van der Waals surface area (Å²) in [5.74, 6) is -0.861. The second kappa shape index (κ2) is 6.36. The highest BCUT2D eigenvalue weighted by molar-refractivity contribution is 5.79. The molecule has 1 fully saturated rings. The van der Waals surface area contributed by atoms with Crippen LogP contribution in [0, 0.1) is 0 Å². The first-order chi connectivity index (χ1) is 8.75. The first kappa shape index (κ1) is 12.8. The second-order valence-corrected chi connectivity index (χ2v) is 4.72. The van der Waals surface area contributed by atoms with Crippen molar-refractivity contribution in [1.82, 2.24) is 4.90 Å². The van der Waals surface area contributed by atoms with Crippen molar-refractivity contribution in [3.05, 3.63) is 48.0 Å². The molecule has 0 radical (unpaired) electrons. The molecule has 1 unspecified atom stereocenters. The highest BCUT2D eigenvalue weighted by Crippen LogP contribution is 2.20. The molecule has 3 nitrogen and oxygen atoms in total. The van der Waals surface area contributed by atoms with Gasteiger partial charge in [-0.1, -0.05) is 42.8 Å². The molecule has 0 aliphatic carbocycles. The van der Waals surface area contributed by atoms with E-state index in [0.717, 1.165) is 19.5 Å². The Kier molecular flexibility index (Phi) is 4.53. The van der Waals surface area contributed by atoms with E-state index < -0.39 is 5.97 Å². The highest BCUT2D eigenvalue weighted by Gasteiger charge is 2.20. The molecule has 96 valence electrons. The number of rotatable bonds is 4. The van der Waals surface area contributed by atoms with Crippen LogP contribution < -0.4 is 0 Å². The third kappa shape index (κ3) is 3.70. The van der Waals surface area contributed by atoms with Gasteiger partial charge in [0.05, 0.1) is 0 Å². The molecule has 0 spiro atoms. The number of nitrogens with zero attached hydrogens (tertiary/aromatic N) is 1. The fourth-order valence-electron chi connectivity index (χ4n) is 2.44. The zero-order valence-electron chi connectivity index (χ0n) is 10.5. The van der Waals surface area contributed by atoms with Crippen molar-refractivity contribution in [3.8, 4) is 0 Å². The summed E-state index contributed by atoms with van der Waals surface area (Å²) in [6.07, 6.45) is 6.53. The van der Waals surface area contributed by atoms with E-state index >= 15 is 0 Å². The van der Waals surface area contributed by atoms with Crippen molar-refractivity contribution >= 4 is 5.97 Å². The minimum absolute atomic E-state index is 0.259. The lowest BCUT2D eigenvalue weighted by Crippen LogP contribution is -2.37. The summed E-state index contributed by atoms with van der Waals surface area (Å²) in [5.41, 5.74) is 1.29. The van der Waals surface area contributed by atoms with Crippen LogP contribution in [-0.4, -0.2) is 28.6 Å². The number of carbonyl (C=O) groups is 1. The summed E-state index contributed by atoms with van der Waals surface area (Å²) in [6.45, 7) is 1.94. The van der Waals surface area contributed by atoms with Gasteiger partial charge in [0.2, 0.25) is 0 Å². The third-order valence-corrected chi connectivity index (χ3v) is 3.35. The van der Waals surface area contributed by atoms with Crippen LogP contribution in [0.25, 0.3) is 0 Å². The van der Waals surface area contributed by atoms with Crippen molar-refractivity contribution in [2.45, 2.75) is 31.8 Å². The molecule has 1 aromatic rings. The van der Waals surface area contributed by atoms with Gasteiger partial charge < -0.3 is 5.11 Å². The minimum atomic E-state index is -0.861. The van der Waals surface area contributed by atoms with Crippen LogP contribution in [0.2, 0.25) is 0 Å². The molecular formula is C15H19NO2. The van der Waals surface area contributed by atoms with Crippen molar-refractivity contribution in [2.75, 3.05) is 6.54 Å². The van der Waals surface area contributed by atoms with Crippen LogP contribution in [0.15, 0.2) is 42.5 Å². The molecule has 1 saturated heterocycles. The van der Waals surface area contributed by atoms with E-state index in [4.69, 9.17) is 5.11 Å². The molecule has 0 aromatic heterocycles. The molecular weight excluding hydrogens is 226 g/mol. The molecule has 1 aliphatic rings. The van der Waals surface area contributed by atoms with Gasteiger partial charge in [-0.05, 0) is 24.9 Å². The molecule has 0 saturated carbocycles. The van der Waals surface area contributed by atoms with E-state index in [1.165, 1.54) is 24.5 Å². The fraction of sp³-hybridized carbons (Fsp3) is 0.400. The van der Waals surface area contributed by atoms with Gasteiger partial charge >= 0.3 is 5.97 Å². The molecule has 1 heterocycles. The zero-order valence-corrected chi connectivity index (χ0v) is 10.5. The molecule has 1 aromatic carbocycles. The van der Waals surface area contributed by atoms with Crippen molar-refractivity contribution < 1.29 is 9.90 Å². The van der Waals surface area contributed by atoms with Gasteiger partial charge in [0.25, 0.3) is 0 Å². The van der Waals surface area contributed by atoms with E-state index in [1.54, 1.807) is 0 Å². The topological polar surface area (TPSA) is 40.5 Å². The lowest BCUT2D eigenvalue weighted by Gasteiger charge is -2.33. The maximum absolute atomic E-state index is 10.6. The minimum Gasteiger partial charge on any atom is -0.478 e. The molecule has 1 N–H and O–H groups in total. The number of hydrogen-bond donors (Lipinski definition) is 1. The Morgan fingerprint density at radius 2 is 2.11 bits per heavy atom. The lowest BCUT2D eigenvalue weighted by atomic mass is 10.0. The standard InChI is InChI=1S/C15H19NO2/c17-15(18)10-9-14-8-4-5-11-16(14)12-13-6-2-1-3-7-13/h1-3,6-7,9-10,14H,4-5,8,11-12H2,(H,17,18)/b10-9+. The first-order valence-corrected chi connectivity index (χ1v) is 6.45. The molecule has 0 bridgehead atoms. The molecule has 0 amide bonds. The van der Waals surface area contributed by atoms with Gasteiger partial charge in [-0.15, -0.1) is 0 Å². The van der Waals surface area contributed by atoms with E-state index in [2.05, 4.69) is 17.0 Å². The van der Waals surface area contributed by atoms with E-state index in [1.807, 2.05) is 24.3 Å².